The number of fused-ring (bicyclic) bond motifs is 1. The van der Waals surface area contributed by atoms with Gasteiger partial charge >= 0.3 is 0 Å². The summed E-state index contributed by atoms with van der Waals surface area (Å²) in [6.45, 7) is 12.2. The smallest absolute Gasteiger partial charge is 0.243 e. The molecule has 0 radical (unpaired) electrons. The fraction of sp³-hybridized carbons (Fsp3) is 0.636. The van der Waals surface area contributed by atoms with E-state index in [0.717, 1.165) is 12.8 Å². The lowest BCUT2D eigenvalue weighted by atomic mass is 9.86. The van der Waals surface area contributed by atoms with E-state index in [1.807, 2.05) is 20.8 Å². The van der Waals surface area contributed by atoms with Crippen LogP contribution in [-0.2, 0) is 25.0 Å². The maximum absolute atomic E-state index is 13.2. The SMILES string of the molecule is CC1CCCN(S(=O)(=O)c2ccc3c(c2)C(C)(C)C(=O)N3CC(=O)NC(C)(C)C)C1. The number of nitrogens with zero attached hydrogens (tertiary/aromatic N) is 2. The van der Waals surface area contributed by atoms with Gasteiger partial charge in [-0.1, -0.05) is 6.92 Å². The van der Waals surface area contributed by atoms with Gasteiger partial charge in [0.1, 0.15) is 6.54 Å². The summed E-state index contributed by atoms with van der Waals surface area (Å²) in [6.07, 6.45) is 1.88. The molecule has 1 unspecified atom stereocenters. The van der Waals surface area contributed by atoms with Gasteiger partial charge in [0.15, 0.2) is 0 Å². The number of amides is 2. The van der Waals surface area contributed by atoms with Crippen LogP contribution in [0.1, 0.15) is 59.9 Å². The molecule has 1 saturated heterocycles. The maximum atomic E-state index is 13.2. The van der Waals surface area contributed by atoms with Crippen molar-refractivity contribution in [3.05, 3.63) is 23.8 Å². The molecule has 1 atom stereocenters. The third-order valence-corrected chi connectivity index (χ3v) is 7.65. The molecule has 0 saturated carbocycles. The highest BCUT2D eigenvalue weighted by atomic mass is 32.2. The number of benzene rings is 1. The quantitative estimate of drug-likeness (QED) is 0.788. The van der Waals surface area contributed by atoms with Crippen molar-refractivity contribution in [2.45, 2.75) is 70.2 Å². The third kappa shape index (κ3) is 4.25. The van der Waals surface area contributed by atoms with E-state index in [9.17, 15) is 18.0 Å². The Morgan fingerprint density at radius 2 is 1.93 bits per heavy atom. The third-order valence-electron chi connectivity index (χ3n) is 5.79. The summed E-state index contributed by atoms with van der Waals surface area (Å²) >= 11 is 0. The van der Waals surface area contributed by atoms with Crippen LogP contribution in [0.3, 0.4) is 0 Å². The van der Waals surface area contributed by atoms with Crippen LogP contribution in [0.15, 0.2) is 23.1 Å². The molecule has 0 aromatic heterocycles. The van der Waals surface area contributed by atoms with Gasteiger partial charge in [0, 0.05) is 24.3 Å². The molecule has 2 aliphatic rings. The normalized spacial score (nSPS) is 22.1. The van der Waals surface area contributed by atoms with Crippen molar-refractivity contribution in [1.82, 2.24) is 9.62 Å². The Hall–Kier alpha value is -1.93. The van der Waals surface area contributed by atoms with Gasteiger partial charge in [-0.3, -0.25) is 9.59 Å². The zero-order valence-corrected chi connectivity index (χ0v) is 19.6. The van der Waals surface area contributed by atoms with E-state index in [2.05, 4.69) is 12.2 Å². The fourth-order valence-electron chi connectivity index (χ4n) is 4.25. The van der Waals surface area contributed by atoms with Crippen molar-refractivity contribution in [2.24, 2.45) is 5.92 Å². The lowest BCUT2D eigenvalue weighted by molar-refractivity contribution is -0.126. The predicted octanol–water partition coefficient (Wildman–Crippen LogP) is 2.65. The molecule has 7 nitrogen and oxygen atoms in total. The Bertz CT molecular complexity index is 963. The first-order valence-corrected chi connectivity index (χ1v) is 11.9. The van der Waals surface area contributed by atoms with E-state index in [-0.39, 0.29) is 23.3 Å². The number of sulfonamides is 1. The molecule has 1 fully saturated rings. The van der Waals surface area contributed by atoms with Gasteiger partial charge in [-0.25, -0.2) is 8.42 Å². The molecule has 2 amide bonds. The zero-order valence-electron chi connectivity index (χ0n) is 18.8. The Morgan fingerprint density at radius 3 is 2.53 bits per heavy atom. The van der Waals surface area contributed by atoms with E-state index >= 15 is 0 Å². The Labute approximate surface area is 179 Å². The second-order valence-electron chi connectivity index (χ2n) is 10.1. The predicted molar refractivity (Wildman–Crippen MR) is 117 cm³/mol. The minimum Gasteiger partial charge on any atom is -0.350 e. The van der Waals surface area contributed by atoms with Crippen LogP contribution >= 0.6 is 0 Å². The highest BCUT2D eigenvalue weighted by molar-refractivity contribution is 7.89. The van der Waals surface area contributed by atoms with Crippen molar-refractivity contribution in [3.63, 3.8) is 0 Å². The number of carbonyl (C=O) groups excluding carboxylic acids is 2. The Morgan fingerprint density at radius 1 is 1.27 bits per heavy atom. The van der Waals surface area contributed by atoms with Crippen molar-refractivity contribution in [3.8, 4) is 0 Å². The molecule has 8 heteroatoms. The van der Waals surface area contributed by atoms with Crippen molar-refractivity contribution in [1.29, 1.82) is 0 Å². The first-order valence-electron chi connectivity index (χ1n) is 10.5. The summed E-state index contributed by atoms with van der Waals surface area (Å²) in [5.74, 6) is -0.126. The molecule has 2 heterocycles. The van der Waals surface area contributed by atoms with Gasteiger partial charge in [-0.15, -0.1) is 0 Å². The summed E-state index contributed by atoms with van der Waals surface area (Å²) in [6, 6.07) is 4.83. The van der Waals surface area contributed by atoms with Gasteiger partial charge in [-0.05, 0) is 77.1 Å². The Kier molecular flexibility index (Phi) is 5.79. The summed E-state index contributed by atoms with van der Waals surface area (Å²) < 4.78 is 28.0. The summed E-state index contributed by atoms with van der Waals surface area (Å²) in [5.41, 5.74) is -0.0676. The number of hydrogen-bond acceptors (Lipinski definition) is 4. The number of carbonyl (C=O) groups is 2. The van der Waals surface area contributed by atoms with E-state index in [1.54, 1.807) is 36.4 Å². The van der Waals surface area contributed by atoms with Crippen LogP contribution in [0.2, 0.25) is 0 Å². The molecule has 30 heavy (non-hydrogen) atoms. The number of piperidine rings is 1. The molecule has 1 N–H and O–H groups in total. The molecule has 1 aromatic carbocycles. The topological polar surface area (TPSA) is 86.8 Å². The highest BCUT2D eigenvalue weighted by Gasteiger charge is 2.45. The van der Waals surface area contributed by atoms with E-state index in [4.69, 9.17) is 0 Å². The largest absolute Gasteiger partial charge is 0.350 e. The lowest BCUT2D eigenvalue weighted by Gasteiger charge is -2.30. The summed E-state index contributed by atoms with van der Waals surface area (Å²) in [5, 5.41) is 2.87. The van der Waals surface area contributed by atoms with E-state index in [0.29, 0.717) is 30.3 Å². The number of rotatable bonds is 4. The van der Waals surface area contributed by atoms with Crippen LogP contribution in [0.4, 0.5) is 5.69 Å². The summed E-state index contributed by atoms with van der Waals surface area (Å²) in [7, 11) is -3.62. The number of hydrogen-bond donors (Lipinski definition) is 1. The average Bonchev–Trinajstić information content (AvgIpc) is 2.81. The van der Waals surface area contributed by atoms with E-state index < -0.39 is 21.0 Å². The molecule has 0 spiro atoms. The zero-order chi connectivity index (χ0) is 22.5. The standard InChI is InChI=1S/C22H33N3O4S/c1-15-8-7-11-24(13-15)30(28,29)16-9-10-18-17(12-16)22(5,6)20(27)25(18)14-19(26)23-21(2,3)4/h9-10,12,15H,7-8,11,13-14H2,1-6H3,(H,23,26). The molecule has 3 rings (SSSR count). The molecular formula is C22H33N3O4S. The van der Waals surface area contributed by atoms with Crippen LogP contribution in [0.5, 0.6) is 0 Å². The van der Waals surface area contributed by atoms with Crippen molar-refractivity contribution < 1.29 is 18.0 Å². The molecule has 166 valence electrons. The molecule has 2 aliphatic heterocycles. The Balaban J connectivity index is 1.94. The number of nitrogens with one attached hydrogen (secondary N) is 1. The lowest BCUT2D eigenvalue weighted by Crippen LogP contribution is -2.48. The molecule has 0 aliphatic carbocycles. The highest BCUT2D eigenvalue weighted by Crippen LogP contribution is 2.43. The van der Waals surface area contributed by atoms with Gasteiger partial charge in [0.25, 0.3) is 0 Å². The van der Waals surface area contributed by atoms with Crippen molar-refractivity contribution in [2.75, 3.05) is 24.5 Å². The number of anilines is 1. The van der Waals surface area contributed by atoms with Gasteiger partial charge in [0.2, 0.25) is 21.8 Å². The van der Waals surface area contributed by atoms with Gasteiger partial charge in [-0.2, -0.15) is 4.31 Å². The minimum atomic E-state index is -3.62. The fourth-order valence-corrected chi connectivity index (χ4v) is 5.87. The molecular weight excluding hydrogens is 402 g/mol. The van der Waals surface area contributed by atoms with Crippen LogP contribution in [-0.4, -0.2) is 49.7 Å². The first kappa shape index (κ1) is 22.7. The summed E-state index contributed by atoms with van der Waals surface area (Å²) in [4.78, 5) is 27.2. The molecule has 1 aromatic rings. The molecule has 0 bridgehead atoms. The van der Waals surface area contributed by atoms with Crippen LogP contribution in [0.25, 0.3) is 0 Å². The van der Waals surface area contributed by atoms with Crippen LogP contribution in [0, 0.1) is 5.92 Å². The first-order chi connectivity index (χ1) is 13.7. The second kappa shape index (κ2) is 7.64. The minimum absolute atomic E-state index is 0.0950. The average molecular weight is 436 g/mol. The van der Waals surface area contributed by atoms with E-state index in [1.165, 1.54) is 4.90 Å². The van der Waals surface area contributed by atoms with Gasteiger partial charge in [0.05, 0.1) is 10.3 Å². The van der Waals surface area contributed by atoms with Gasteiger partial charge < -0.3 is 10.2 Å². The second-order valence-corrected chi connectivity index (χ2v) is 12.0. The maximum Gasteiger partial charge on any atom is 0.243 e. The monoisotopic (exact) mass is 435 g/mol. The van der Waals surface area contributed by atoms with Crippen LogP contribution < -0.4 is 10.2 Å². The van der Waals surface area contributed by atoms with Crippen molar-refractivity contribution >= 4 is 27.5 Å².